The molecule has 0 radical (unpaired) electrons. The lowest BCUT2D eigenvalue weighted by molar-refractivity contribution is 0.102. The Labute approximate surface area is 160 Å². The number of rotatable bonds is 7. The molecule has 0 heterocycles. The van der Waals surface area contributed by atoms with Gasteiger partial charge >= 0.3 is 0 Å². The van der Waals surface area contributed by atoms with Crippen molar-refractivity contribution in [1.82, 2.24) is 4.90 Å². The second-order valence-corrected chi connectivity index (χ2v) is 6.54. The number of anilines is 1. The lowest BCUT2D eigenvalue weighted by Gasteiger charge is -2.17. The Kier molecular flexibility index (Phi) is 6.23. The topological polar surface area (TPSA) is 41.6 Å². The van der Waals surface area contributed by atoms with Gasteiger partial charge in [-0.05, 0) is 54.6 Å². The summed E-state index contributed by atoms with van der Waals surface area (Å²) in [6, 6.07) is 25.3. The molecule has 3 rings (SSSR count). The number of nitrogens with zero attached hydrogens (tertiary/aromatic N) is 1. The van der Waals surface area contributed by atoms with E-state index in [0.29, 0.717) is 5.56 Å². The number of ether oxygens (including phenoxy) is 1. The van der Waals surface area contributed by atoms with Crippen LogP contribution in [0.2, 0.25) is 0 Å². The van der Waals surface area contributed by atoms with Crippen molar-refractivity contribution < 1.29 is 9.53 Å². The highest BCUT2D eigenvalue weighted by Gasteiger charge is 2.07. The highest BCUT2D eigenvalue weighted by Crippen LogP contribution is 2.16. The Bertz CT molecular complexity index is 876. The molecule has 0 aliphatic heterocycles. The van der Waals surface area contributed by atoms with Crippen molar-refractivity contribution in [3.05, 3.63) is 95.6 Å². The summed E-state index contributed by atoms with van der Waals surface area (Å²) in [6.45, 7) is 1.63. The van der Waals surface area contributed by atoms with Crippen molar-refractivity contribution in [2.75, 3.05) is 19.5 Å². The first-order valence-corrected chi connectivity index (χ1v) is 8.91. The number of benzene rings is 3. The standard InChI is InChI=1S/C23H24N2O2/c1-25(17-19-7-6-10-22(15-19)27-2)16-18-11-13-20(14-12-18)23(26)24-21-8-4-3-5-9-21/h3-15H,16-17H2,1-2H3,(H,24,26). The van der Waals surface area contributed by atoms with E-state index < -0.39 is 0 Å². The SMILES string of the molecule is COc1cccc(CN(C)Cc2ccc(C(=O)Nc3ccccc3)cc2)c1. The number of nitrogens with one attached hydrogen (secondary N) is 1. The maximum absolute atomic E-state index is 12.3. The Balaban J connectivity index is 1.57. The van der Waals surface area contributed by atoms with Crippen molar-refractivity contribution in [2.24, 2.45) is 0 Å². The van der Waals surface area contributed by atoms with Crippen LogP contribution in [0.25, 0.3) is 0 Å². The summed E-state index contributed by atoms with van der Waals surface area (Å²) in [7, 11) is 3.76. The highest BCUT2D eigenvalue weighted by molar-refractivity contribution is 6.04. The van der Waals surface area contributed by atoms with Crippen LogP contribution in [-0.2, 0) is 13.1 Å². The van der Waals surface area contributed by atoms with Gasteiger partial charge in [0.1, 0.15) is 5.75 Å². The van der Waals surface area contributed by atoms with E-state index >= 15 is 0 Å². The Hall–Kier alpha value is -3.11. The van der Waals surface area contributed by atoms with Crippen LogP contribution in [0, 0.1) is 0 Å². The molecular formula is C23H24N2O2. The summed E-state index contributed by atoms with van der Waals surface area (Å²) in [5.41, 5.74) is 3.81. The van der Waals surface area contributed by atoms with E-state index in [4.69, 9.17) is 4.74 Å². The number of para-hydroxylation sites is 1. The molecule has 3 aromatic rings. The molecule has 0 fully saturated rings. The third kappa shape index (κ3) is 5.43. The third-order valence-electron chi connectivity index (χ3n) is 4.29. The van der Waals surface area contributed by atoms with Gasteiger partial charge in [0.15, 0.2) is 0 Å². The summed E-state index contributed by atoms with van der Waals surface area (Å²) in [5, 5.41) is 2.90. The zero-order valence-electron chi connectivity index (χ0n) is 15.7. The highest BCUT2D eigenvalue weighted by atomic mass is 16.5. The van der Waals surface area contributed by atoms with Crippen molar-refractivity contribution in [1.29, 1.82) is 0 Å². The number of hydrogen-bond acceptors (Lipinski definition) is 3. The summed E-state index contributed by atoms with van der Waals surface area (Å²) in [6.07, 6.45) is 0. The normalized spacial score (nSPS) is 10.6. The average molecular weight is 360 g/mol. The van der Waals surface area contributed by atoms with Crippen molar-refractivity contribution in [3.63, 3.8) is 0 Å². The zero-order valence-corrected chi connectivity index (χ0v) is 15.7. The quantitative estimate of drug-likeness (QED) is 0.670. The largest absolute Gasteiger partial charge is 0.497 e. The Morgan fingerprint density at radius 2 is 1.59 bits per heavy atom. The predicted octanol–water partition coefficient (Wildman–Crippen LogP) is 4.58. The monoisotopic (exact) mass is 360 g/mol. The molecule has 0 spiro atoms. The van der Waals surface area contributed by atoms with Crippen LogP contribution in [0.3, 0.4) is 0 Å². The number of amides is 1. The smallest absolute Gasteiger partial charge is 0.255 e. The van der Waals surface area contributed by atoms with Crippen molar-refractivity contribution >= 4 is 11.6 Å². The lowest BCUT2D eigenvalue weighted by atomic mass is 10.1. The minimum absolute atomic E-state index is 0.0996. The van der Waals surface area contributed by atoms with E-state index in [2.05, 4.69) is 23.3 Å². The second-order valence-electron chi connectivity index (χ2n) is 6.54. The first kappa shape index (κ1) is 18.7. The van der Waals surface area contributed by atoms with Gasteiger partial charge < -0.3 is 10.1 Å². The van der Waals surface area contributed by atoms with Crippen LogP contribution in [-0.4, -0.2) is 25.0 Å². The minimum atomic E-state index is -0.0996. The van der Waals surface area contributed by atoms with E-state index in [0.717, 1.165) is 30.1 Å². The summed E-state index contributed by atoms with van der Waals surface area (Å²) < 4.78 is 5.28. The van der Waals surface area contributed by atoms with Gasteiger partial charge in [-0.25, -0.2) is 0 Å². The van der Waals surface area contributed by atoms with E-state index in [1.54, 1.807) is 7.11 Å². The number of carbonyl (C=O) groups is 1. The fraction of sp³-hybridized carbons (Fsp3) is 0.174. The van der Waals surface area contributed by atoms with Crippen LogP contribution >= 0.6 is 0 Å². The summed E-state index contributed by atoms with van der Waals surface area (Å²) in [5.74, 6) is 0.771. The molecule has 0 aromatic heterocycles. The fourth-order valence-electron chi connectivity index (χ4n) is 2.94. The van der Waals surface area contributed by atoms with Gasteiger partial charge in [-0.15, -0.1) is 0 Å². The minimum Gasteiger partial charge on any atom is -0.497 e. The summed E-state index contributed by atoms with van der Waals surface area (Å²) in [4.78, 5) is 14.5. The predicted molar refractivity (Wildman–Crippen MR) is 109 cm³/mol. The first-order valence-electron chi connectivity index (χ1n) is 8.91. The Morgan fingerprint density at radius 1 is 0.889 bits per heavy atom. The number of carbonyl (C=O) groups excluding carboxylic acids is 1. The average Bonchev–Trinajstić information content (AvgIpc) is 2.69. The molecule has 0 aliphatic rings. The molecule has 0 saturated carbocycles. The Morgan fingerprint density at radius 3 is 2.30 bits per heavy atom. The molecule has 4 heteroatoms. The van der Waals surface area contributed by atoms with Crippen LogP contribution in [0.15, 0.2) is 78.9 Å². The molecule has 0 saturated heterocycles. The molecule has 0 atom stereocenters. The third-order valence-corrected chi connectivity index (χ3v) is 4.29. The molecule has 3 aromatic carbocycles. The molecule has 4 nitrogen and oxygen atoms in total. The molecule has 0 bridgehead atoms. The number of methoxy groups -OCH3 is 1. The van der Waals surface area contributed by atoms with E-state index in [1.807, 2.05) is 72.8 Å². The molecule has 1 N–H and O–H groups in total. The van der Waals surface area contributed by atoms with Gasteiger partial charge in [-0.2, -0.15) is 0 Å². The maximum atomic E-state index is 12.3. The van der Waals surface area contributed by atoms with Gasteiger partial charge in [0.2, 0.25) is 0 Å². The van der Waals surface area contributed by atoms with Gasteiger partial charge in [0.05, 0.1) is 7.11 Å². The van der Waals surface area contributed by atoms with Crippen LogP contribution in [0.5, 0.6) is 5.75 Å². The van der Waals surface area contributed by atoms with E-state index in [1.165, 1.54) is 5.56 Å². The van der Waals surface area contributed by atoms with Crippen molar-refractivity contribution in [3.8, 4) is 5.75 Å². The van der Waals surface area contributed by atoms with Crippen LogP contribution < -0.4 is 10.1 Å². The van der Waals surface area contributed by atoms with Gasteiger partial charge in [0, 0.05) is 24.3 Å². The fourth-order valence-corrected chi connectivity index (χ4v) is 2.94. The van der Waals surface area contributed by atoms with E-state index in [-0.39, 0.29) is 5.91 Å². The summed E-state index contributed by atoms with van der Waals surface area (Å²) >= 11 is 0. The molecule has 138 valence electrons. The van der Waals surface area contributed by atoms with Gasteiger partial charge in [-0.3, -0.25) is 9.69 Å². The van der Waals surface area contributed by atoms with Crippen molar-refractivity contribution in [2.45, 2.75) is 13.1 Å². The van der Waals surface area contributed by atoms with Crippen LogP contribution in [0.4, 0.5) is 5.69 Å². The van der Waals surface area contributed by atoms with Gasteiger partial charge in [0.25, 0.3) is 5.91 Å². The molecule has 0 unspecified atom stereocenters. The second kappa shape index (κ2) is 9.01. The first-order chi connectivity index (χ1) is 13.1. The molecule has 27 heavy (non-hydrogen) atoms. The number of hydrogen-bond donors (Lipinski definition) is 1. The van der Waals surface area contributed by atoms with E-state index in [9.17, 15) is 4.79 Å². The zero-order chi connectivity index (χ0) is 19.1. The molecule has 0 aliphatic carbocycles. The maximum Gasteiger partial charge on any atom is 0.255 e. The van der Waals surface area contributed by atoms with Gasteiger partial charge in [-0.1, -0.05) is 42.5 Å². The molecule has 1 amide bonds. The lowest BCUT2D eigenvalue weighted by Crippen LogP contribution is -2.17. The van der Waals surface area contributed by atoms with Crippen LogP contribution in [0.1, 0.15) is 21.5 Å². The molecular weight excluding hydrogens is 336 g/mol.